The molecule has 0 amide bonds. The van der Waals surface area contributed by atoms with E-state index in [0.29, 0.717) is 6.04 Å². The molecular formula is C15H21N3OS. The Balaban J connectivity index is 1.97. The molecule has 0 aliphatic heterocycles. The molecule has 2 rings (SSSR count). The maximum absolute atomic E-state index is 9.07. The molecular weight excluding hydrogens is 270 g/mol. The molecule has 2 N–H and O–H groups in total. The minimum Gasteiger partial charge on any atom is -0.396 e. The summed E-state index contributed by atoms with van der Waals surface area (Å²) in [6, 6.07) is 10.6. The Morgan fingerprint density at radius 1 is 1.40 bits per heavy atom. The molecule has 1 heterocycles. The maximum Gasteiger partial charge on any atom is 0.0648 e. The van der Waals surface area contributed by atoms with Gasteiger partial charge in [0.15, 0.2) is 0 Å². The van der Waals surface area contributed by atoms with E-state index in [1.165, 1.54) is 5.56 Å². The lowest BCUT2D eigenvalue weighted by Gasteiger charge is -2.17. The fraction of sp³-hybridized carbons (Fsp3) is 0.400. The number of hydrogen-bond acceptors (Lipinski definition) is 4. The van der Waals surface area contributed by atoms with Crippen molar-refractivity contribution in [2.24, 2.45) is 0 Å². The molecule has 1 unspecified atom stereocenters. The predicted molar refractivity (Wildman–Crippen MR) is 84.3 cm³/mol. The van der Waals surface area contributed by atoms with Gasteiger partial charge in [0.1, 0.15) is 0 Å². The summed E-state index contributed by atoms with van der Waals surface area (Å²) in [6.45, 7) is 1.03. The second-order valence-corrected chi connectivity index (χ2v) is 5.58. The first-order valence-corrected chi connectivity index (χ1v) is 8.15. The van der Waals surface area contributed by atoms with Crippen molar-refractivity contribution < 1.29 is 5.11 Å². The second kappa shape index (κ2) is 8.09. The molecule has 0 saturated carbocycles. The summed E-state index contributed by atoms with van der Waals surface area (Å²) < 4.78 is 1.86. The summed E-state index contributed by atoms with van der Waals surface area (Å²) in [5, 5.41) is 16.8. The molecule has 0 spiro atoms. The Bertz CT molecular complexity index is 496. The van der Waals surface area contributed by atoms with E-state index in [1.807, 2.05) is 29.1 Å². The number of aliphatic hydroxyl groups excluding tert-OH is 1. The van der Waals surface area contributed by atoms with Gasteiger partial charge < -0.3 is 10.4 Å². The van der Waals surface area contributed by atoms with Crippen LogP contribution in [-0.4, -0.2) is 39.5 Å². The van der Waals surface area contributed by atoms with Gasteiger partial charge in [0.05, 0.1) is 5.69 Å². The first-order valence-electron chi connectivity index (χ1n) is 6.75. The zero-order chi connectivity index (χ0) is 14.2. The number of aliphatic hydroxyl groups is 1. The van der Waals surface area contributed by atoms with E-state index in [4.69, 9.17) is 5.11 Å². The van der Waals surface area contributed by atoms with E-state index >= 15 is 0 Å². The molecule has 0 radical (unpaired) electrons. The molecule has 1 atom stereocenters. The standard InChI is InChI=1S/C15H21N3OS/c1-20-12-14(6-9-19)16-11-13-4-2-5-15(10-13)18-8-3-7-17-18/h2-5,7-8,10,14,16,19H,6,9,11-12H2,1H3. The predicted octanol–water partition coefficient (Wildman–Crippen LogP) is 2.08. The largest absolute Gasteiger partial charge is 0.396 e. The molecule has 20 heavy (non-hydrogen) atoms. The lowest BCUT2D eigenvalue weighted by Crippen LogP contribution is -2.31. The van der Waals surface area contributed by atoms with Gasteiger partial charge in [-0.2, -0.15) is 16.9 Å². The van der Waals surface area contributed by atoms with E-state index in [2.05, 4.69) is 28.8 Å². The summed E-state index contributed by atoms with van der Waals surface area (Å²) in [4.78, 5) is 0. The quantitative estimate of drug-likeness (QED) is 0.782. The van der Waals surface area contributed by atoms with E-state index < -0.39 is 0 Å². The van der Waals surface area contributed by atoms with Crippen molar-refractivity contribution >= 4 is 11.8 Å². The maximum atomic E-state index is 9.07. The Kier molecular flexibility index (Phi) is 6.11. The third kappa shape index (κ3) is 4.37. The van der Waals surface area contributed by atoms with Gasteiger partial charge >= 0.3 is 0 Å². The minimum absolute atomic E-state index is 0.228. The van der Waals surface area contributed by atoms with Gasteiger partial charge in [0, 0.05) is 37.3 Å². The Labute approximate surface area is 124 Å². The smallest absolute Gasteiger partial charge is 0.0648 e. The van der Waals surface area contributed by atoms with Crippen molar-refractivity contribution in [1.82, 2.24) is 15.1 Å². The number of nitrogens with one attached hydrogen (secondary N) is 1. The summed E-state index contributed by atoms with van der Waals surface area (Å²) in [5.74, 6) is 1.01. The van der Waals surface area contributed by atoms with Crippen LogP contribution in [0.3, 0.4) is 0 Å². The molecule has 0 aliphatic rings. The van der Waals surface area contributed by atoms with Gasteiger partial charge in [0.2, 0.25) is 0 Å². The lowest BCUT2D eigenvalue weighted by molar-refractivity contribution is 0.270. The zero-order valence-corrected chi connectivity index (χ0v) is 12.5. The Morgan fingerprint density at radius 3 is 3.00 bits per heavy atom. The van der Waals surface area contributed by atoms with Crippen molar-refractivity contribution in [3.8, 4) is 5.69 Å². The highest BCUT2D eigenvalue weighted by molar-refractivity contribution is 7.98. The summed E-state index contributed by atoms with van der Waals surface area (Å²) in [6.07, 6.45) is 6.60. The molecule has 0 saturated heterocycles. The number of hydrogen-bond donors (Lipinski definition) is 2. The fourth-order valence-electron chi connectivity index (χ4n) is 2.09. The summed E-state index contributed by atoms with van der Waals surface area (Å²) in [5.41, 5.74) is 2.29. The van der Waals surface area contributed by atoms with Crippen LogP contribution in [0.4, 0.5) is 0 Å². The molecule has 0 bridgehead atoms. The van der Waals surface area contributed by atoms with Crippen LogP contribution in [0.15, 0.2) is 42.7 Å². The number of thioether (sulfide) groups is 1. The SMILES string of the molecule is CSCC(CCO)NCc1cccc(-n2cccn2)c1. The minimum atomic E-state index is 0.228. The molecule has 5 heteroatoms. The molecule has 4 nitrogen and oxygen atoms in total. The Hall–Kier alpha value is -1.30. The fourth-order valence-corrected chi connectivity index (χ4v) is 2.78. The normalized spacial score (nSPS) is 12.5. The van der Waals surface area contributed by atoms with Gasteiger partial charge in [-0.25, -0.2) is 4.68 Å². The van der Waals surface area contributed by atoms with Gasteiger partial charge in [-0.15, -0.1) is 0 Å². The summed E-state index contributed by atoms with van der Waals surface area (Å²) in [7, 11) is 0. The van der Waals surface area contributed by atoms with E-state index in [1.54, 1.807) is 18.0 Å². The number of aromatic nitrogens is 2. The van der Waals surface area contributed by atoms with Crippen LogP contribution >= 0.6 is 11.8 Å². The molecule has 2 aromatic rings. The second-order valence-electron chi connectivity index (χ2n) is 4.67. The van der Waals surface area contributed by atoms with Gasteiger partial charge in [-0.05, 0) is 36.4 Å². The van der Waals surface area contributed by atoms with Gasteiger partial charge in [-0.1, -0.05) is 12.1 Å². The third-order valence-corrected chi connectivity index (χ3v) is 3.86. The first kappa shape index (κ1) is 15.1. The number of benzene rings is 1. The highest BCUT2D eigenvalue weighted by atomic mass is 32.2. The average Bonchev–Trinajstić information content (AvgIpc) is 3.00. The Morgan fingerprint density at radius 2 is 2.30 bits per heavy atom. The van der Waals surface area contributed by atoms with Crippen LogP contribution < -0.4 is 5.32 Å². The monoisotopic (exact) mass is 291 g/mol. The molecule has 1 aromatic carbocycles. The highest BCUT2D eigenvalue weighted by Gasteiger charge is 2.07. The summed E-state index contributed by atoms with van der Waals surface area (Å²) >= 11 is 1.80. The molecule has 108 valence electrons. The molecule has 1 aromatic heterocycles. The van der Waals surface area contributed by atoms with Crippen LogP contribution in [0.2, 0.25) is 0 Å². The molecule has 0 fully saturated rings. The van der Waals surface area contributed by atoms with Gasteiger partial charge in [0.25, 0.3) is 0 Å². The lowest BCUT2D eigenvalue weighted by atomic mass is 10.1. The van der Waals surface area contributed by atoms with Crippen molar-refractivity contribution in [2.75, 3.05) is 18.6 Å². The van der Waals surface area contributed by atoms with E-state index in [-0.39, 0.29) is 6.61 Å². The van der Waals surface area contributed by atoms with E-state index in [9.17, 15) is 0 Å². The van der Waals surface area contributed by atoms with Crippen molar-refractivity contribution in [3.63, 3.8) is 0 Å². The van der Waals surface area contributed by atoms with Crippen LogP contribution in [0.25, 0.3) is 5.69 Å². The van der Waals surface area contributed by atoms with Crippen molar-refractivity contribution in [1.29, 1.82) is 0 Å². The van der Waals surface area contributed by atoms with Crippen LogP contribution in [-0.2, 0) is 6.54 Å². The number of nitrogens with zero attached hydrogens (tertiary/aromatic N) is 2. The highest BCUT2D eigenvalue weighted by Crippen LogP contribution is 2.10. The van der Waals surface area contributed by atoms with E-state index in [0.717, 1.165) is 24.4 Å². The van der Waals surface area contributed by atoms with Gasteiger partial charge in [-0.3, -0.25) is 0 Å². The van der Waals surface area contributed by atoms with Crippen LogP contribution in [0.1, 0.15) is 12.0 Å². The zero-order valence-electron chi connectivity index (χ0n) is 11.7. The third-order valence-electron chi connectivity index (χ3n) is 3.12. The van der Waals surface area contributed by atoms with Crippen LogP contribution in [0, 0.1) is 0 Å². The first-order chi connectivity index (χ1) is 9.83. The van der Waals surface area contributed by atoms with Crippen LogP contribution in [0.5, 0.6) is 0 Å². The number of rotatable bonds is 8. The average molecular weight is 291 g/mol. The van der Waals surface area contributed by atoms with Crippen molar-refractivity contribution in [3.05, 3.63) is 48.3 Å². The van der Waals surface area contributed by atoms with Crippen molar-refractivity contribution in [2.45, 2.75) is 19.0 Å². The molecule has 0 aliphatic carbocycles. The topological polar surface area (TPSA) is 50.1 Å².